The fourth-order valence-corrected chi connectivity index (χ4v) is 3.46. The molecule has 1 aliphatic heterocycles. The smallest absolute Gasteiger partial charge is 0.337 e. The van der Waals surface area contributed by atoms with Crippen molar-refractivity contribution in [2.45, 2.75) is 32.9 Å². The quantitative estimate of drug-likeness (QED) is 0.585. The first-order valence-corrected chi connectivity index (χ1v) is 10.4. The van der Waals surface area contributed by atoms with Crippen molar-refractivity contribution in [3.8, 4) is 11.5 Å². The molecule has 2 amide bonds. The lowest BCUT2D eigenvalue weighted by atomic mass is 9.94. The number of methoxy groups -OCH3 is 1. The predicted molar refractivity (Wildman–Crippen MR) is 117 cm³/mol. The predicted octanol–water partition coefficient (Wildman–Crippen LogP) is 4.51. The summed E-state index contributed by atoms with van der Waals surface area (Å²) in [7, 11) is 1.31. The van der Waals surface area contributed by atoms with Gasteiger partial charge in [-0.2, -0.15) is 0 Å². The van der Waals surface area contributed by atoms with E-state index in [1.54, 1.807) is 30.3 Å². The molecule has 1 aliphatic rings. The molecular weight excluding hydrogens is 420 g/mol. The Morgan fingerprint density at radius 3 is 2.45 bits per heavy atom. The van der Waals surface area contributed by atoms with Crippen LogP contribution in [0.1, 0.15) is 37.4 Å². The van der Waals surface area contributed by atoms with Crippen LogP contribution in [0.2, 0.25) is 5.02 Å². The lowest BCUT2D eigenvalue weighted by Gasteiger charge is -2.29. The molecule has 1 unspecified atom stereocenters. The van der Waals surface area contributed by atoms with Crippen molar-refractivity contribution in [1.29, 1.82) is 0 Å². The van der Waals surface area contributed by atoms with Gasteiger partial charge in [-0.1, -0.05) is 36.7 Å². The summed E-state index contributed by atoms with van der Waals surface area (Å²) >= 11 is 5.93. The van der Waals surface area contributed by atoms with Crippen molar-refractivity contribution in [3.05, 3.63) is 69.9 Å². The van der Waals surface area contributed by atoms with Crippen LogP contribution in [0.4, 0.5) is 4.79 Å². The highest BCUT2D eigenvalue weighted by Gasteiger charge is 2.33. The molecule has 0 radical (unpaired) electrons. The minimum Gasteiger partial charge on any atom is -0.490 e. The molecule has 0 aromatic heterocycles. The van der Waals surface area contributed by atoms with Crippen molar-refractivity contribution in [3.63, 3.8) is 0 Å². The van der Waals surface area contributed by atoms with Gasteiger partial charge in [-0.05, 0) is 48.7 Å². The molecule has 31 heavy (non-hydrogen) atoms. The number of rotatable bonds is 8. The second kappa shape index (κ2) is 10.2. The Morgan fingerprint density at radius 1 is 1.06 bits per heavy atom. The van der Waals surface area contributed by atoms with Gasteiger partial charge in [0.05, 0.1) is 25.3 Å². The Hall–Kier alpha value is -3.19. The van der Waals surface area contributed by atoms with E-state index in [1.807, 2.05) is 26.0 Å². The fraction of sp³-hybridized carbons (Fsp3) is 0.304. The normalized spacial score (nSPS) is 15.7. The van der Waals surface area contributed by atoms with Crippen LogP contribution in [0.15, 0.2) is 53.7 Å². The Balaban J connectivity index is 1.92. The summed E-state index contributed by atoms with van der Waals surface area (Å²) in [5.41, 5.74) is 2.54. The van der Waals surface area contributed by atoms with Gasteiger partial charge in [0.2, 0.25) is 0 Å². The van der Waals surface area contributed by atoms with Gasteiger partial charge in [0.25, 0.3) is 0 Å². The average Bonchev–Trinajstić information content (AvgIpc) is 2.78. The van der Waals surface area contributed by atoms with Crippen LogP contribution in [-0.2, 0) is 16.1 Å². The van der Waals surface area contributed by atoms with Crippen molar-refractivity contribution in [1.82, 2.24) is 10.6 Å². The Bertz CT molecular complexity index is 988. The van der Waals surface area contributed by atoms with Crippen LogP contribution < -0.4 is 20.1 Å². The van der Waals surface area contributed by atoms with Gasteiger partial charge in [-0.25, -0.2) is 9.59 Å². The number of hydrogen-bond acceptors (Lipinski definition) is 5. The van der Waals surface area contributed by atoms with Gasteiger partial charge in [-0.15, -0.1) is 0 Å². The maximum absolute atomic E-state index is 12.5. The number of benzene rings is 2. The molecule has 0 spiro atoms. The summed E-state index contributed by atoms with van der Waals surface area (Å²) in [6, 6.07) is 11.7. The molecular formula is C23H25ClN2O5. The highest BCUT2D eigenvalue weighted by molar-refractivity contribution is 6.30. The number of nitrogens with one attached hydrogen (secondary N) is 2. The second-order valence-corrected chi connectivity index (χ2v) is 7.26. The lowest BCUT2D eigenvalue weighted by molar-refractivity contribution is -0.136. The minimum absolute atomic E-state index is 0.341. The van der Waals surface area contributed by atoms with E-state index in [9.17, 15) is 9.59 Å². The highest BCUT2D eigenvalue weighted by atomic mass is 35.5. The van der Waals surface area contributed by atoms with Gasteiger partial charge >= 0.3 is 12.0 Å². The lowest BCUT2D eigenvalue weighted by Crippen LogP contribution is -2.45. The third kappa shape index (κ3) is 5.30. The molecule has 3 rings (SSSR count). The molecule has 1 atom stereocenters. The molecule has 0 fully saturated rings. The van der Waals surface area contributed by atoms with Crippen molar-refractivity contribution >= 4 is 23.6 Å². The maximum atomic E-state index is 12.5. The van der Waals surface area contributed by atoms with Crippen LogP contribution in [0.5, 0.6) is 11.5 Å². The summed E-state index contributed by atoms with van der Waals surface area (Å²) in [5.74, 6) is 0.569. The van der Waals surface area contributed by atoms with Crippen LogP contribution in [0.3, 0.4) is 0 Å². The Kier molecular flexibility index (Phi) is 7.41. The SMILES string of the molecule is CCOc1cc(C2NC(=O)NC(CC)=C2C(=O)OC)ccc1OCc1ccc(Cl)cc1. The molecule has 0 saturated carbocycles. The van der Waals surface area contributed by atoms with Crippen molar-refractivity contribution in [2.75, 3.05) is 13.7 Å². The highest BCUT2D eigenvalue weighted by Crippen LogP contribution is 2.35. The molecule has 1 heterocycles. The minimum atomic E-state index is -0.666. The maximum Gasteiger partial charge on any atom is 0.337 e. The van der Waals surface area contributed by atoms with Crippen LogP contribution >= 0.6 is 11.6 Å². The number of amides is 2. The summed E-state index contributed by atoms with van der Waals surface area (Å²) in [6.45, 7) is 4.50. The van der Waals surface area contributed by atoms with E-state index in [4.69, 9.17) is 25.8 Å². The van der Waals surface area contributed by atoms with Crippen LogP contribution in [0, 0.1) is 0 Å². The van der Waals surface area contributed by atoms with E-state index in [1.165, 1.54) is 7.11 Å². The third-order valence-corrected chi connectivity index (χ3v) is 5.07. The fourth-order valence-electron chi connectivity index (χ4n) is 3.33. The molecule has 164 valence electrons. The van der Waals surface area contributed by atoms with E-state index in [0.717, 1.165) is 5.56 Å². The Morgan fingerprint density at radius 2 is 1.81 bits per heavy atom. The number of carbonyl (C=O) groups excluding carboxylic acids is 2. The number of urea groups is 1. The summed E-state index contributed by atoms with van der Waals surface area (Å²) in [5, 5.41) is 6.14. The number of halogens is 1. The first kappa shape index (κ1) is 22.5. The molecule has 2 N–H and O–H groups in total. The largest absolute Gasteiger partial charge is 0.490 e. The van der Waals surface area contributed by atoms with Gasteiger partial charge in [0, 0.05) is 10.7 Å². The van der Waals surface area contributed by atoms with Crippen LogP contribution in [0.25, 0.3) is 0 Å². The summed E-state index contributed by atoms with van der Waals surface area (Å²) in [6.07, 6.45) is 0.481. The zero-order valence-electron chi connectivity index (χ0n) is 17.7. The van der Waals surface area contributed by atoms with Crippen molar-refractivity contribution < 1.29 is 23.8 Å². The monoisotopic (exact) mass is 444 g/mol. The summed E-state index contributed by atoms with van der Waals surface area (Å²) < 4.78 is 16.7. The first-order chi connectivity index (χ1) is 15.0. The van der Waals surface area contributed by atoms with Crippen LogP contribution in [-0.4, -0.2) is 25.7 Å². The number of hydrogen-bond donors (Lipinski definition) is 2. The van der Waals surface area contributed by atoms with Gasteiger partial charge in [-0.3, -0.25) is 0 Å². The third-order valence-electron chi connectivity index (χ3n) is 4.82. The first-order valence-electron chi connectivity index (χ1n) is 9.99. The van der Waals surface area contributed by atoms with Gasteiger partial charge in [0.15, 0.2) is 11.5 Å². The van der Waals surface area contributed by atoms with E-state index in [2.05, 4.69) is 10.6 Å². The number of allylic oxidation sites excluding steroid dienone is 1. The van der Waals surface area contributed by atoms with E-state index >= 15 is 0 Å². The van der Waals surface area contributed by atoms with E-state index < -0.39 is 12.0 Å². The zero-order valence-corrected chi connectivity index (χ0v) is 18.4. The second-order valence-electron chi connectivity index (χ2n) is 6.82. The number of carbonyl (C=O) groups is 2. The molecule has 0 bridgehead atoms. The van der Waals surface area contributed by atoms with Crippen molar-refractivity contribution in [2.24, 2.45) is 0 Å². The molecule has 2 aromatic carbocycles. The molecule has 0 saturated heterocycles. The zero-order chi connectivity index (χ0) is 22.4. The van der Waals surface area contributed by atoms with Gasteiger partial charge < -0.3 is 24.8 Å². The number of ether oxygens (including phenoxy) is 3. The standard InChI is InChI=1S/C23H25ClN2O5/c1-4-17-20(22(27)29-3)21(26-23(28)25-17)15-8-11-18(19(12-15)30-5-2)31-13-14-6-9-16(24)10-7-14/h6-12,21H,4-5,13H2,1-3H3,(H2,25,26,28). The molecule has 0 aliphatic carbocycles. The molecule has 2 aromatic rings. The summed E-state index contributed by atoms with van der Waals surface area (Å²) in [4.78, 5) is 24.6. The molecule has 7 nitrogen and oxygen atoms in total. The van der Waals surface area contributed by atoms with E-state index in [0.29, 0.717) is 53.0 Å². The average molecular weight is 445 g/mol. The molecule has 8 heteroatoms. The Labute approximate surface area is 186 Å². The number of esters is 1. The topological polar surface area (TPSA) is 85.9 Å². The van der Waals surface area contributed by atoms with E-state index in [-0.39, 0.29) is 6.03 Å². The van der Waals surface area contributed by atoms with Gasteiger partial charge in [0.1, 0.15) is 6.61 Å².